The van der Waals surface area contributed by atoms with Gasteiger partial charge in [0.05, 0.1) is 15.6 Å². The number of thiophene rings is 1. The first kappa shape index (κ1) is 13.9. The summed E-state index contributed by atoms with van der Waals surface area (Å²) in [5, 5.41) is 5.13. The summed E-state index contributed by atoms with van der Waals surface area (Å²) in [5.74, 6) is -0.282. The lowest BCUT2D eigenvalue weighted by molar-refractivity contribution is 0.0955. The molecule has 3 aromatic rings. The van der Waals surface area contributed by atoms with Crippen molar-refractivity contribution in [2.24, 2.45) is 5.10 Å². The van der Waals surface area contributed by atoms with Crippen molar-refractivity contribution < 1.29 is 4.79 Å². The number of hydrazone groups is 1. The summed E-state index contributed by atoms with van der Waals surface area (Å²) in [7, 11) is 0. The van der Waals surface area contributed by atoms with E-state index in [1.54, 1.807) is 35.9 Å². The van der Waals surface area contributed by atoms with Crippen LogP contribution in [0.15, 0.2) is 57.7 Å². The molecule has 6 heteroatoms. The Hall–Kier alpha value is -2.05. The molecule has 1 amide bonds. The summed E-state index contributed by atoms with van der Waals surface area (Å²) in [5.41, 5.74) is 3.94. The van der Waals surface area contributed by atoms with Gasteiger partial charge in [-0.2, -0.15) is 5.10 Å². The van der Waals surface area contributed by atoms with Gasteiger partial charge in [0.15, 0.2) is 0 Å². The van der Waals surface area contributed by atoms with E-state index in [1.807, 2.05) is 18.2 Å². The minimum absolute atomic E-state index is 0.282. The van der Waals surface area contributed by atoms with Crippen molar-refractivity contribution in [2.75, 3.05) is 0 Å². The van der Waals surface area contributed by atoms with Crippen molar-refractivity contribution in [3.05, 3.63) is 63.7 Å². The lowest BCUT2D eigenvalue weighted by Crippen LogP contribution is -2.17. The van der Waals surface area contributed by atoms with Gasteiger partial charge >= 0.3 is 0 Å². The number of hydrogen-bond donors (Lipinski definition) is 1. The van der Waals surface area contributed by atoms with E-state index < -0.39 is 0 Å². The summed E-state index contributed by atoms with van der Waals surface area (Å²) in [6, 6.07) is 11.5. The first-order valence-electron chi connectivity index (χ1n) is 6.16. The highest BCUT2D eigenvalue weighted by Crippen LogP contribution is 2.33. The second kappa shape index (κ2) is 6.15. The number of carbonyl (C=O) groups excluding carboxylic acids is 1. The standard InChI is InChI=1S/C15H10BrN3OS/c16-14-12(11-5-1-2-6-13(11)21-14)9-18-19-15(20)10-4-3-7-17-8-10/h1-9H,(H,19,20). The predicted molar refractivity (Wildman–Crippen MR) is 88.8 cm³/mol. The number of nitrogens with one attached hydrogen (secondary N) is 1. The predicted octanol–water partition coefficient (Wildman–Crippen LogP) is 3.82. The maximum absolute atomic E-state index is 11.8. The molecule has 3 rings (SSSR count). The molecule has 4 nitrogen and oxygen atoms in total. The fraction of sp³-hybridized carbons (Fsp3) is 0. The van der Waals surface area contributed by atoms with Crippen molar-refractivity contribution in [3.63, 3.8) is 0 Å². The molecule has 0 bridgehead atoms. The summed E-state index contributed by atoms with van der Waals surface area (Å²) in [4.78, 5) is 15.7. The van der Waals surface area contributed by atoms with Crippen LogP contribution in [0.5, 0.6) is 0 Å². The van der Waals surface area contributed by atoms with E-state index in [0.29, 0.717) is 5.56 Å². The van der Waals surface area contributed by atoms with Crippen LogP contribution in [-0.4, -0.2) is 17.1 Å². The molecule has 1 aromatic carbocycles. The van der Waals surface area contributed by atoms with Crippen LogP contribution in [0.4, 0.5) is 0 Å². The van der Waals surface area contributed by atoms with Crippen molar-refractivity contribution >= 4 is 49.5 Å². The Kier molecular flexibility index (Phi) is 4.08. The highest BCUT2D eigenvalue weighted by atomic mass is 79.9. The Bertz CT molecular complexity index is 814. The molecule has 0 aliphatic carbocycles. The van der Waals surface area contributed by atoms with Crippen LogP contribution >= 0.6 is 27.3 Å². The molecule has 1 N–H and O–H groups in total. The van der Waals surface area contributed by atoms with E-state index in [4.69, 9.17) is 0 Å². The van der Waals surface area contributed by atoms with E-state index in [9.17, 15) is 4.79 Å². The fourth-order valence-electron chi connectivity index (χ4n) is 1.87. The highest BCUT2D eigenvalue weighted by Gasteiger charge is 2.08. The molecule has 0 saturated heterocycles. The zero-order chi connectivity index (χ0) is 14.7. The zero-order valence-corrected chi connectivity index (χ0v) is 13.2. The maximum Gasteiger partial charge on any atom is 0.272 e. The van der Waals surface area contributed by atoms with E-state index in [1.165, 1.54) is 10.9 Å². The molecule has 2 aromatic heterocycles. The molecule has 21 heavy (non-hydrogen) atoms. The Morgan fingerprint density at radius 2 is 2.14 bits per heavy atom. The number of amides is 1. The van der Waals surface area contributed by atoms with E-state index >= 15 is 0 Å². The average Bonchev–Trinajstić information content (AvgIpc) is 2.84. The van der Waals surface area contributed by atoms with E-state index in [-0.39, 0.29) is 5.91 Å². The number of rotatable bonds is 3. The summed E-state index contributed by atoms with van der Waals surface area (Å²) < 4.78 is 2.16. The largest absolute Gasteiger partial charge is 0.272 e. The van der Waals surface area contributed by atoms with E-state index in [2.05, 4.69) is 37.5 Å². The second-order valence-corrected chi connectivity index (χ2v) is 6.60. The first-order chi connectivity index (χ1) is 10.3. The quantitative estimate of drug-likeness (QED) is 0.570. The minimum Gasteiger partial charge on any atom is -0.267 e. The Morgan fingerprint density at radius 3 is 2.95 bits per heavy atom. The summed E-state index contributed by atoms with van der Waals surface area (Å²) in [6.45, 7) is 0. The number of fused-ring (bicyclic) bond motifs is 1. The highest BCUT2D eigenvalue weighted by molar-refractivity contribution is 9.11. The van der Waals surface area contributed by atoms with Crippen LogP contribution in [0.3, 0.4) is 0 Å². The molecule has 0 saturated carbocycles. The third-order valence-electron chi connectivity index (χ3n) is 2.87. The number of pyridine rings is 1. The summed E-state index contributed by atoms with van der Waals surface area (Å²) in [6.07, 6.45) is 4.77. The Labute approximate surface area is 133 Å². The third kappa shape index (κ3) is 3.01. The van der Waals surface area contributed by atoms with Gasteiger partial charge in [-0.15, -0.1) is 11.3 Å². The fourth-order valence-corrected chi connectivity index (χ4v) is 3.61. The molecule has 0 aliphatic heterocycles. The lowest BCUT2D eigenvalue weighted by atomic mass is 10.2. The molecule has 0 radical (unpaired) electrons. The number of nitrogens with zero attached hydrogens (tertiary/aromatic N) is 2. The lowest BCUT2D eigenvalue weighted by Gasteiger charge is -1.98. The SMILES string of the molecule is O=C(NN=Cc1c(Br)sc2ccccc12)c1cccnc1. The number of hydrogen-bond acceptors (Lipinski definition) is 4. The van der Waals surface area contributed by atoms with Crippen LogP contribution in [0.25, 0.3) is 10.1 Å². The van der Waals surface area contributed by atoms with Crippen LogP contribution in [0, 0.1) is 0 Å². The topological polar surface area (TPSA) is 54.4 Å². The molecule has 2 heterocycles. The van der Waals surface area contributed by atoms with Gasteiger partial charge in [-0.25, -0.2) is 5.43 Å². The Morgan fingerprint density at radius 1 is 1.29 bits per heavy atom. The molecule has 104 valence electrons. The van der Waals surface area contributed by atoms with E-state index in [0.717, 1.165) is 14.7 Å². The molecule has 0 atom stereocenters. The number of aromatic nitrogens is 1. The first-order valence-corrected chi connectivity index (χ1v) is 7.77. The van der Waals surface area contributed by atoms with Crippen LogP contribution in [-0.2, 0) is 0 Å². The van der Waals surface area contributed by atoms with Gasteiger partial charge in [-0.05, 0) is 34.1 Å². The normalized spacial score (nSPS) is 11.1. The molecular weight excluding hydrogens is 350 g/mol. The van der Waals surface area contributed by atoms with Gasteiger partial charge in [-0.1, -0.05) is 18.2 Å². The van der Waals surface area contributed by atoms with Crippen molar-refractivity contribution in [2.45, 2.75) is 0 Å². The van der Waals surface area contributed by atoms with Crippen molar-refractivity contribution in [1.29, 1.82) is 0 Å². The monoisotopic (exact) mass is 359 g/mol. The summed E-state index contributed by atoms with van der Waals surface area (Å²) >= 11 is 5.16. The smallest absolute Gasteiger partial charge is 0.267 e. The number of carbonyl (C=O) groups is 1. The van der Waals surface area contributed by atoms with Gasteiger partial charge in [-0.3, -0.25) is 9.78 Å². The van der Waals surface area contributed by atoms with Crippen molar-refractivity contribution in [1.82, 2.24) is 10.4 Å². The molecule has 0 spiro atoms. The van der Waals surface area contributed by atoms with Crippen LogP contribution in [0.2, 0.25) is 0 Å². The van der Waals surface area contributed by atoms with Gasteiger partial charge in [0.25, 0.3) is 5.91 Å². The van der Waals surface area contributed by atoms with Crippen LogP contribution < -0.4 is 5.43 Å². The third-order valence-corrected chi connectivity index (χ3v) is 4.76. The number of benzene rings is 1. The molecule has 0 aliphatic rings. The van der Waals surface area contributed by atoms with Gasteiger partial charge < -0.3 is 0 Å². The molecule has 0 unspecified atom stereocenters. The van der Waals surface area contributed by atoms with Crippen molar-refractivity contribution in [3.8, 4) is 0 Å². The van der Waals surface area contributed by atoms with Gasteiger partial charge in [0, 0.05) is 28.0 Å². The van der Waals surface area contributed by atoms with Crippen LogP contribution in [0.1, 0.15) is 15.9 Å². The second-order valence-electron chi connectivity index (χ2n) is 4.23. The van der Waals surface area contributed by atoms with Gasteiger partial charge in [0.1, 0.15) is 0 Å². The zero-order valence-electron chi connectivity index (χ0n) is 10.8. The van der Waals surface area contributed by atoms with Gasteiger partial charge in [0.2, 0.25) is 0 Å². The average molecular weight is 360 g/mol. The molecule has 0 fully saturated rings. The molecular formula is C15H10BrN3OS. The number of halogens is 1. The maximum atomic E-state index is 11.8. The minimum atomic E-state index is -0.282. The Balaban J connectivity index is 1.79.